The Labute approximate surface area is 161 Å². The molecule has 148 valence electrons. The van der Waals surface area contributed by atoms with Gasteiger partial charge in [-0.15, -0.1) is 12.4 Å². The van der Waals surface area contributed by atoms with E-state index in [1.54, 1.807) is 26.0 Å². The van der Waals surface area contributed by atoms with Gasteiger partial charge in [0.2, 0.25) is 15.9 Å². The lowest BCUT2D eigenvalue weighted by Crippen LogP contribution is -2.36. The smallest absolute Gasteiger partial charge is 0.246 e. The molecule has 1 atom stereocenters. The second kappa shape index (κ2) is 10.1. The van der Waals surface area contributed by atoms with Crippen LogP contribution < -0.4 is 15.8 Å². The number of amides is 1. The van der Waals surface area contributed by atoms with E-state index in [2.05, 4.69) is 5.32 Å². The quantitative estimate of drug-likeness (QED) is 0.724. The fraction of sp³-hybridized carbons (Fsp3) is 0.588. The minimum Gasteiger partial charge on any atom is -0.492 e. The van der Waals surface area contributed by atoms with Crippen molar-refractivity contribution in [1.82, 2.24) is 4.31 Å². The third kappa shape index (κ3) is 5.33. The molecular weight excluding hydrogens is 378 g/mol. The number of rotatable bonds is 7. The predicted octanol–water partition coefficient (Wildman–Crippen LogP) is 2.22. The van der Waals surface area contributed by atoms with Gasteiger partial charge in [-0.2, -0.15) is 4.31 Å². The fourth-order valence-corrected chi connectivity index (χ4v) is 4.35. The molecule has 1 aliphatic heterocycles. The molecule has 0 aliphatic carbocycles. The van der Waals surface area contributed by atoms with Crippen molar-refractivity contribution in [3.8, 4) is 5.75 Å². The molecule has 2 rings (SSSR count). The van der Waals surface area contributed by atoms with Gasteiger partial charge in [-0.05, 0) is 38.0 Å². The van der Waals surface area contributed by atoms with Crippen LogP contribution in [0.15, 0.2) is 23.1 Å². The summed E-state index contributed by atoms with van der Waals surface area (Å²) < 4.78 is 33.0. The number of anilines is 1. The molecule has 1 aliphatic rings. The van der Waals surface area contributed by atoms with Crippen molar-refractivity contribution in [2.75, 3.05) is 31.6 Å². The number of piperidine rings is 1. The molecule has 1 aromatic rings. The van der Waals surface area contributed by atoms with Crippen LogP contribution in [0.25, 0.3) is 0 Å². The average Bonchev–Trinajstić information content (AvgIpc) is 2.63. The van der Waals surface area contributed by atoms with Gasteiger partial charge in [-0.1, -0.05) is 13.3 Å². The standard InChI is InChI=1S/C17H27N3O4S.ClH/c1-3-24-15-8-7-14(19-17(21)13(2)12-18)11-16(15)25(22,23)20-9-5-4-6-10-20;/h7-8,11,13H,3-6,9-10,12,18H2,1-2H3,(H,19,21);1H. The van der Waals surface area contributed by atoms with Gasteiger partial charge in [-0.25, -0.2) is 8.42 Å². The van der Waals surface area contributed by atoms with Gasteiger partial charge >= 0.3 is 0 Å². The van der Waals surface area contributed by atoms with E-state index < -0.39 is 10.0 Å². The SMILES string of the molecule is CCOc1ccc(NC(=O)C(C)CN)cc1S(=O)(=O)N1CCCCC1.Cl. The normalized spacial score (nSPS) is 16.4. The van der Waals surface area contributed by atoms with Gasteiger partial charge < -0.3 is 15.8 Å². The molecule has 3 N–H and O–H groups in total. The van der Waals surface area contributed by atoms with E-state index in [9.17, 15) is 13.2 Å². The summed E-state index contributed by atoms with van der Waals surface area (Å²) in [6, 6.07) is 4.69. The van der Waals surface area contributed by atoms with Crippen LogP contribution in [0.1, 0.15) is 33.1 Å². The van der Waals surface area contributed by atoms with E-state index in [0.717, 1.165) is 19.3 Å². The third-order valence-electron chi connectivity index (χ3n) is 4.25. The molecule has 0 radical (unpaired) electrons. The van der Waals surface area contributed by atoms with Crippen LogP contribution in [-0.2, 0) is 14.8 Å². The Morgan fingerprint density at radius 2 is 1.96 bits per heavy atom. The van der Waals surface area contributed by atoms with E-state index in [-0.39, 0.29) is 35.7 Å². The number of benzene rings is 1. The molecule has 0 saturated carbocycles. The molecule has 9 heteroatoms. The first-order chi connectivity index (χ1) is 11.9. The van der Waals surface area contributed by atoms with E-state index >= 15 is 0 Å². The zero-order chi connectivity index (χ0) is 18.4. The molecule has 1 unspecified atom stereocenters. The van der Waals surface area contributed by atoms with Crippen LogP contribution in [0.4, 0.5) is 5.69 Å². The zero-order valence-electron chi connectivity index (χ0n) is 15.2. The molecule has 26 heavy (non-hydrogen) atoms. The maximum absolute atomic E-state index is 13.0. The maximum Gasteiger partial charge on any atom is 0.246 e. The highest BCUT2D eigenvalue weighted by molar-refractivity contribution is 7.89. The summed E-state index contributed by atoms with van der Waals surface area (Å²) in [5.74, 6) is -0.292. The summed E-state index contributed by atoms with van der Waals surface area (Å²) in [6.07, 6.45) is 2.75. The summed E-state index contributed by atoms with van der Waals surface area (Å²) in [6.45, 7) is 5.12. The lowest BCUT2D eigenvalue weighted by molar-refractivity contribution is -0.119. The van der Waals surface area contributed by atoms with Crippen LogP contribution in [0.3, 0.4) is 0 Å². The molecule has 0 spiro atoms. The van der Waals surface area contributed by atoms with Crippen molar-refractivity contribution < 1.29 is 17.9 Å². The van der Waals surface area contributed by atoms with Crippen molar-refractivity contribution in [2.24, 2.45) is 11.7 Å². The zero-order valence-corrected chi connectivity index (χ0v) is 16.9. The number of ether oxygens (including phenoxy) is 1. The summed E-state index contributed by atoms with van der Waals surface area (Å²) in [4.78, 5) is 12.1. The van der Waals surface area contributed by atoms with Gasteiger partial charge in [0.05, 0.1) is 6.61 Å². The molecule has 0 bridgehead atoms. The summed E-state index contributed by atoms with van der Waals surface area (Å²) in [5, 5.41) is 2.72. The molecule has 1 heterocycles. The van der Waals surface area contributed by atoms with Crippen molar-refractivity contribution in [3.05, 3.63) is 18.2 Å². The highest BCUT2D eigenvalue weighted by atomic mass is 35.5. The second-order valence-corrected chi connectivity index (χ2v) is 8.09. The molecule has 1 saturated heterocycles. The van der Waals surface area contributed by atoms with Crippen LogP contribution in [0.2, 0.25) is 0 Å². The maximum atomic E-state index is 13.0. The topological polar surface area (TPSA) is 102 Å². The van der Waals surface area contributed by atoms with E-state index in [0.29, 0.717) is 31.1 Å². The van der Waals surface area contributed by atoms with Gasteiger partial charge in [0.25, 0.3) is 0 Å². The van der Waals surface area contributed by atoms with Gasteiger partial charge in [0.1, 0.15) is 10.6 Å². The lowest BCUT2D eigenvalue weighted by Gasteiger charge is -2.27. The number of halogens is 1. The van der Waals surface area contributed by atoms with E-state index in [1.165, 1.54) is 10.4 Å². The number of carbonyl (C=O) groups is 1. The summed E-state index contributed by atoms with van der Waals surface area (Å²) in [5.41, 5.74) is 5.92. The first-order valence-electron chi connectivity index (χ1n) is 8.68. The average molecular weight is 406 g/mol. The molecule has 1 aromatic carbocycles. The molecule has 0 aromatic heterocycles. The minimum absolute atomic E-state index is 0. The van der Waals surface area contributed by atoms with E-state index in [1.807, 2.05) is 0 Å². The van der Waals surface area contributed by atoms with Crippen molar-refractivity contribution in [2.45, 2.75) is 38.0 Å². The summed E-state index contributed by atoms with van der Waals surface area (Å²) >= 11 is 0. The number of sulfonamides is 1. The van der Waals surface area contributed by atoms with Crippen LogP contribution in [0, 0.1) is 5.92 Å². The number of nitrogens with zero attached hydrogens (tertiary/aromatic N) is 1. The lowest BCUT2D eigenvalue weighted by atomic mass is 10.1. The molecular formula is C17H28ClN3O4S. The Balaban J connectivity index is 0.00000338. The van der Waals surface area contributed by atoms with Gasteiger partial charge in [0, 0.05) is 31.2 Å². The number of hydrogen-bond acceptors (Lipinski definition) is 5. The first kappa shape index (κ1) is 22.7. The highest BCUT2D eigenvalue weighted by Gasteiger charge is 2.29. The monoisotopic (exact) mass is 405 g/mol. The predicted molar refractivity (Wildman–Crippen MR) is 104 cm³/mol. The Kier molecular flexibility index (Phi) is 8.82. The van der Waals surface area contributed by atoms with Crippen LogP contribution >= 0.6 is 12.4 Å². The molecule has 7 nitrogen and oxygen atoms in total. The van der Waals surface area contributed by atoms with Gasteiger partial charge in [-0.3, -0.25) is 4.79 Å². The number of nitrogens with two attached hydrogens (primary N) is 1. The number of hydrogen-bond donors (Lipinski definition) is 2. The Bertz CT molecular complexity index is 706. The van der Waals surface area contributed by atoms with Crippen LogP contribution in [0.5, 0.6) is 5.75 Å². The molecule has 1 amide bonds. The second-order valence-electron chi connectivity index (χ2n) is 6.19. The Morgan fingerprint density at radius 1 is 1.31 bits per heavy atom. The van der Waals surface area contributed by atoms with Crippen molar-refractivity contribution in [1.29, 1.82) is 0 Å². The summed E-state index contributed by atoms with van der Waals surface area (Å²) in [7, 11) is -3.67. The number of carbonyl (C=O) groups excluding carboxylic acids is 1. The highest BCUT2D eigenvalue weighted by Crippen LogP contribution is 2.31. The van der Waals surface area contributed by atoms with Crippen LogP contribution in [-0.4, -0.2) is 44.9 Å². The van der Waals surface area contributed by atoms with E-state index in [4.69, 9.17) is 10.5 Å². The van der Waals surface area contributed by atoms with Crippen molar-refractivity contribution in [3.63, 3.8) is 0 Å². The number of nitrogens with one attached hydrogen (secondary N) is 1. The van der Waals surface area contributed by atoms with Crippen molar-refractivity contribution >= 4 is 34.0 Å². The first-order valence-corrected chi connectivity index (χ1v) is 10.1. The largest absolute Gasteiger partial charge is 0.492 e. The van der Waals surface area contributed by atoms with Gasteiger partial charge in [0.15, 0.2) is 0 Å². The third-order valence-corrected chi connectivity index (χ3v) is 6.16. The molecule has 1 fully saturated rings. The fourth-order valence-electron chi connectivity index (χ4n) is 2.68. The Hall–Kier alpha value is -1.35. The Morgan fingerprint density at radius 3 is 2.54 bits per heavy atom. The minimum atomic E-state index is -3.67.